The fourth-order valence-electron chi connectivity index (χ4n) is 1.12. The van der Waals surface area contributed by atoms with Crippen molar-refractivity contribution in [3.8, 4) is 0 Å². The van der Waals surface area contributed by atoms with E-state index in [4.69, 9.17) is 12.2 Å². The highest BCUT2D eigenvalue weighted by Gasteiger charge is 2.03. The molecule has 2 aromatic rings. The first-order chi connectivity index (χ1) is 5.70. The zero-order chi connectivity index (χ0) is 8.72. The number of hydrogen-bond acceptors (Lipinski definition) is 3. The van der Waals surface area contributed by atoms with Gasteiger partial charge in [-0.2, -0.15) is 0 Å². The summed E-state index contributed by atoms with van der Waals surface area (Å²) in [6.45, 7) is 3.99. The SMILES string of the molecule is Cc1[nH]n2c(=S)ncnc2c1C. The second kappa shape index (κ2) is 2.38. The van der Waals surface area contributed by atoms with Crippen LogP contribution in [0.1, 0.15) is 11.3 Å². The molecule has 0 aliphatic heterocycles. The minimum absolute atomic E-state index is 0.510. The van der Waals surface area contributed by atoms with Gasteiger partial charge >= 0.3 is 0 Å². The van der Waals surface area contributed by atoms with Gasteiger partial charge in [-0.05, 0) is 26.1 Å². The molecule has 5 heteroatoms. The molecule has 0 bridgehead atoms. The van der Waals surface area contributed by atoms with Crippen LogP contribution >= 0.6 is 12.2 Å². The number of rotatable bonds is 0. The van der Waals surface area contributed by atoms with E-state index in [1.54, 1.807) is 4.52 Å². The molecule has 0 radical (unpaired) electrons. The van der Waals surface area contributed by atoms with Crippen LogP contribution in [0.2, 0.25) is 0 Å². The summed E-state index contributed by atoms with van der Waals surface area (Å²) < 4.78 is 2.22. The van der Waals surface area contributed by atoms with E-state index in [2.05, 4.69) is 15.1 Å². The van der Waals surface area contributed by atoms with Gasteiger partial charge in [0.15, 0.2) is 5.65 Å². The molecule has 0 spiro atoms. The molecule has 2 aromatic heterocycles. The van der Waals surface area contributed by atoms with Gasteiger partial charge in [0.05, 0.1) is 0 Å². The Hall–Kier alpha value is -1.23. The van der Waals surface area contributed by atoms with Crippen LogP contribution in [0.4, 0.5) is 0 Å². The first-order valence-electron chi connectivity index (χ1n) is 3.59. The highest BCUT2D eigenvalue weighted by Crippen LogP contribution is 2.09. The number of aryl methyl sites for hydroxylation is 2. The third-order valence-electron chi connectivity index (χ3n) is 1.93. The van der Waals surface area contributed by atoms with Crippen LogP contribution in [0.3, 0.4) is 0 Å². The molecular weight excluding hydrogens is 172 g/mol. The van der Waals surface area contributed by atoms with Crippen molar-refractivity contribution in [3.05, 3.63) is 22.4 Å². The number of hydrogen-bond donors (Lipinski definition) is 1. The molecule has 0 unspecified atom stereocenters. The predicted molar refractivity (Wildman–Crippen MR) is 47.6 cm³/mol. The van der Waals surface area contributed by atoms with Crippen LogP contribution < -0.4 is 0 Å². The zero-order valence-electron chi connectivity index (χ0n) is 6.83. The lowest BCUT2D eigenvalue weighted by Crippen LogP contribution is -1.93. The Morgan fingerprint density at radius 1 is 1.42 bits per heavy atom. The highest BCUT2D eigenvalue weighted by molar-refractivity contribution is 7.71. The highest BCUT2D eigenvalue weighted by atomic mass is 32.1. The van der Waals surface area contributed by atoms with Crippen molar-refractivity contribution in [2.75, 3.05) is 0 Å². The quantitative estimate of drug-likeness (QED) is 0.623. The average Bonchev–Trinajstić information content (AvgIpc) is 2.32. The Balaban J connectivity index is 3.05. The number of nitrogens with zero attached hydrogens (tertiary/aromatic N) is 3. The zero-order valence-corrected chi connectivity index (χ0v) is 7.64. The van der Waals surface area contributed by atoms with Crippen LogP contribution in [0.25, 0.3) is 5.65 Å². The Morgan fingerprint density at radius 2 is 2.17 bits per heavy atom. The summed E-state index contributed by atoms with van der Waals surface area (Å²) in [6.07, 6.45) is 1.48. The van der Waals surface area contributed by atoms with Crippen LogP contribution in [-0.4, -0.2) is 19.6 Å². The number of H-pyrrole nitrogens is 1. The van der Waals surface area contributed by atoms with Gasteiger partial charge in [0, 0.05) is 11.3 Å². The van der Waals surface area contributed by atoms with Crippen molar-refractivity contribution < 1.29 is 0 Å². The van der Waals surface area contributed by atoms with Gasteiger partial charge in [-0.3, -0.25) is 5.10 Å². The second-order valence-corrected chi connectivity index (χ2v) is 3.04. The van der Waals surface area contributed by atoms with Gasteiger partial charge in [-0.1, -0.05) is 0 Å². The summed E-state index contributed by atoms with van der Waals surface area (Å²) in [7, 11) is 0. The molecule has 0 saturated carbocycles. The van der Waals surface area contributed by atoms with Crippen molar-refractivity contribution in [2.24, 2.45) is 0 Å². The van der Waals surface area contributed by atoms with E-state index in [1.807, 2.05) is 13.8 Å². The van der Waals surface area contributed by atoms with E-state index in [1.165, 1.54) is 6.33 Å². The molecule has 4 nitrogen and oxygen atoms in total. The third kappa shape index (κ3) is 0.863. The molecular formula is C7H8N4S. The maximum Gasteiger partial charge on any atom is 0.222 e. The van der Waals surface area contributed by atoms with Gasteiger partial charge in [-0.15, -0.1) is 0 Å². The smallest absolute Gasteiger partial charge is 0.222 e. The van der Waals surface area contributed by atoms with Crippen LogP contribution in [-0.2, 0) is 0 Å². The minimum Gasteiger partial charge on any atom is -0.294 e. The number of aromatic amines is 1. The topological polar surface area (TPSA) is 46.0 Å². The molecule has 1 N–H and O–H groups in total. The van der Waals surface area contributed by atoms with Crippen LogP contribution in [0.15, 0.2) is 6.33 Å². The molecule has 62 valence electrons. The monoisotopic (exact) mass is 180 g/mol. The van der Waals surface area contributed by atoms with E-state index in [0.717, 1.165) is 16.9 Å². The lowest BCUT2D eigenvalue weighted by molar-refractivity contribution is 0.858. The van der Waals surface area contributed by atoms with Gasteiger partial charge in [-0.25, -0.2) is 14.5 Å². The summed E-state index contributed by atoms with van der Waals surface area (Å²) in [5.41, 5.74) is 3.04. The Morgan fingerprint density at radius 3 is 2.83 bits per heavy atom. The van der Waals surface area contributed by atoms with Gasteiger partial charge < -0.3 is 0 Å². The van der Waals surface area contributed by atoms with Crippen molar-refractivity contribution in [1.82, 2.24) is 19.6 Å². The van der Waals surface area contributed by atoms with E-state index in [9.17, 15) is 0 Å². The number of fused-ring (bicyclic) bond motifs is 1. The summed E-state index contributed by atoms with van der Waals surface area (Å²) in [4.78, 5) is 8.01. The van der Waals surface area contributed by atoms with Crippen LogP contribution in [0, 0.1) is 18.6 Å². The molecule has 12 heavy (non-hydrogen) atoms. The molecule has 0 fully saturated rings. The summed E-state index contributed by atoms with van der Waals surface area (Å²) >= 11 is 5.01. The lowest BCUT2D eigenvalue weighted by Gasteiger charge is -1.90. The first kappa shape index (κ1) is 7.42. The average molecular weight is 180 g/mol. The van der Waals surface area contributed by atoms with Crippen molar-refractivity contribution in [2.45, 2.75) is 13.8 Å². The maximum atomic E-state index is 5.01. The fraction of sp³-hybridized carbons (Fsp3) is 0.286. The number of aromatic nitrogens is 4. The summed E-state index contributed by atoms with van der Waals surface area (Å²) in [5, 5.41) is 3.08. The molecule has 0 aliphatic rings. The Kier molecular flexibility index (Phi) is 1.47. The van der Waals surface area contributed by atoms with Crippen molar-refractivity contribution >= 4 is 17.9 Å². The van der Waals surface area contributed by atoms with Gasteiger partial charge in [0.1, 0.15) is 6.33 Å². The number of nitrogens with one attached hydrogen (secondary N) is 1. The Bertz CT molecular complexity index is 482. The van der Waals surface area contributed by atoms with Crippen LogP contribution in [0.5, 0.6) is 0 Å². The molecule has 2 rings (SSSR count). The summed E-state index contributed by atoms with van der Waals surface area (Å²) in [5.74, 6) is 0. The molecule has 0 saturated heterocycles. The van der Waals surface area contributed by atoms with Gasteiger partial charge in [0.25, 0.3) is 0 Å². The molecule has 0 aromatic carbocycles. The fourth-order valence-corrected chi connectivity index (χ4v) is 1.30. The lowest BCUT2D eigenvalue weighted by atomic mass is 10.3. The van der Waals surface area contributed by atoms with E-state index in [0.29, 0.717) is 4.77 Å². The predicted octanol–water partition coefficient (Wildman–Crippen LogP) is 1.40. The molecule has 2 heterocycles. The minimum atomic E-state index is 0.510. The van der Waals surface area contributed by atoms with Gasteiger partial charge in [0.2, 0.25) is 4.77 Å². The van der Waals surface area contributed by atoms with E-state index >= 15 is 0 Å². The standard InChI is InChI=1S/C7H8N4S/c1-4-5(2)10-11-6(4)8-3-9-7(11)12/h3,10H,1-2H3. The molecule has 0 atom stereocenters. The molecule has 0 aliphatic carbocycles. The largest absolute Gasteiger partial charge is 0.294 e. The second-order valence-electron chi connectivity index (χ2n) is 2.68. The molecule has 0 amide bonds. The van der Waals surface area contributed by atoms with Crippen molar-refractivity contribution in [3.63, 3.8) is 0 Å². The maximum absolute atomic E-state index is 5.01. The summed E-state index contributed by atoms with van der Waals surface area (Å²) in [6, 6.07) is 0. The van der Waals surface area contributed by atoms with E-state index < -0.39 is 0 Å². The first-order valence-corrected chi connectivity index (χ1v) is 4.00. The Labute approximate surface area is 74.3 Å². The third-order valence-corrected chi connectivity index (χ3v) is 2.22. The van der Waals surface area contributed by atoms with E-state index in [-0.39, 0.29) is 0 Å². The van der Waals surface area contributed by atoms with Crippen molar-refractivity contribution in [1.29, 1.82) is 0 Å². The normalized spacial score (nSPS) is 10.8.